The van der Waals surface area contributed by atoms with Gasteiger partial charge in [0.25, 0.3) is 0 Å². The molecule has 1 aromatic heterocycles. The quantitative estimate of drug-likeness (QED) is 0.580. The van der Waals surface area contributed by atoms with Crippen molar-refractivity contribution in [3.05, 3.63) is 33.9 Å². The van der Waals surface area contributed by atoms with E-state index < -0.39 is 0 Å². The van der Waals surface area contributed by atoms with Gasteiger partial charge < -0.3 is 4.74 Å². The summed E-state index contributed by atoms with van der Waals surface area (Å²) in [6, 6.07) is 5.33. The molecule has 3 nitrogen and oxygen atoms in total. The summed E-state index contributed by atoms with van der Waals surface area (Å²) >= 11 is 12.4. The van der Waals surface area contributed by atoms with E-state index in [4.69, 9.17) is 27.9 Å². The third kappa shape index (κ3) is 2.85. The minimum Gasteiger partial charge on any atom is -0.422 e. The fourth-order valence-electron chi connectivity index (χ4n) is 2.73. The Labute approximate surface area is 133 Å². The number of carbonyl (C=O) groups is 1. The fraction of sp³-hybridized carbons (Fsp3) is 0.375. The van der Waals surface area contributed by atoms with Crippen LogP contribution in [0.4, 0.5) is 0 Å². The van der Waals surface area contributed by atoms with E-state index in [0.29, 0.717) is 21.3 Å². The van der Waals surface area contributed by atoms with Crippen LogP contribution in [0.1, 0.15) is 31.4 Å². The lowest BCUT2D eigenvalue weighted by atomic mass is 10.1. The summed E-state index contributed by atoms with van der Waals surface area (Å²) in [5.41, 5.74) is 1.36. The number of rotatable bonds is 2. The van der Waals surface area contributed by atoms with E-state index in [2.05, 4.69) is 4.98 Å². The molecule has 0 N–H and O–H groups in total. The van der Waals surface area contributed by atoms with Crippen LogP contribution in [0.25, 0.3) is 10.9 Å². The van der Waals surface area contributed by atoms with Crippen molar-refractivity contribution in [2.75, 3.05) is 0 Å². The summed E-state index contributed by atoms with van der Waals surface area (Å²) in [4.78, 5) is 16.7. The smallest absolute Gasteiger partial charge is 0.314 e. The molecule has 0 unspecified atom stereocenters. The second-order valence-electron chi connectivity index (χ2n) is 5.42. The number of esters is 1. The van der Waals surface area contributed by atoms with Gasteiger partial charge in [0, 0.05) is 11.1 Å². The Kier molecular flexibility index (Phi) is 4.05. The van der Waals surface area contributed by atoms with Crippen LogP contribution < -0.4 is 4.74 Å². The molecule has 5 heteroatoms. The predicted molar refractivity (Wildman–Crippen MR) is 84.1 cm³/mol. The summed E-state index contributed by atoms with van der Waals surface area (Å²) in [5, 5.41) is 1.56. The van der Waals surface area contributed by atoms with Crippen molar-refractivity contribution in [2.45, 2.75) is 32.6 Å². The average Bonchev–Trinajstić information content (AvgIpc) is 2.97. The zero-order valence-electron chi connectivity index (χ0n) is 11.7. The molecule has 1 saturated carbocycles. The third-order valence-electron chi connectivity index (χ3n) is 3.87. The Balaban J connectivity index is 2.04. The number of hydrogen-bond donors (Lipinski definition) is 0. The molecule has 0 amide bonds. The van der Waals surface area contributed by atoms with E-state index in [1.54, 1.807) is 6.07 Å². The largest absolute Gasteiger partial charge is 0.422 e. The molecule has 2 aromatic rings. The minimum absolute atomic E-state index is 0.0309. The number of nitrogens with zero attached hydrogens (tertiary/aromatic N) is 1. The van der Waals surface area contributed by atoms with Gasteiger partial charge in [-0.25, -0.2) is 4.98 Å². The van der Waals surface area contributed by atoms with Crippen LogP contribution >= 0.6 is 23.2 Å². The van der Waals surface area contributed by atoms with Crippen LogP contribution in [-0.2, 0) is 4.79 Å². The zero-order chi connectivity index (χ0) is 15.0. The maximum Gasteiger partial charge on any atom is 0.314 e. The van der Waals surface area contributed by atoms with Crippen LogP contribution in [0.3, 0.4) is 0 Å². The van der Waals surface area contributed by atoms with E-state index in [1.165, 1.54) is 0 Å². The molecule has 0 radical (unpaired) electrons. The van der Waals surface area contributed by atoms with E-state index in [-0.39, 0.29) is 11.9 Å². The Morgan fingerprint density at radius 2 is 1.95 bits per heavy atom. The highest BCUT2D eigenvalue weighted by Gasteiger charge is 2.26. The number of fused-ring (bicyclic) bond motifs is 1. The zero-order valence-corrected chi connectivity index (χ0v) is 13.2. The van der Waals surface area contributed by atoms with Gasteiger partial charge in [-0.1, -0.05) is 36.0 Å². The molecule has 110 valence electrons. The number of halogens is 2. The molecular formula is C16H15Cl2NO2. The molecule has 0 spiro atoms. The van der Waals surface area contributed by atoms with Gasteiger partial charge in [-0.15, -0.1) is 0 Å². The van der Waals surface area contributed by atoms with Crippen LogP contribution in [0, 0.1) is 12.8 Å². The lowest BCUT2D eigenvalue weighted by Gasteiger charge is -2.13. The van der Waals surface area contributed by atoms with Gasteiger partial charge in [-0.3, -0.25) is 4.79 Å². The summed E-state index contributed by atoms with van der Waals surface area (Å²) < 4.78 is 5.56. The van der Waals surface area contributed by atoms with E-state index in [1.807, 2.05) is 19.1 Å². The highest BCUT2D eigenvalue weighted by Crippen LogP contribution is 2.38. The summed E-state index contributed by atoms with van der Waals surface area (Å²) in [5.74, 6) is 0.0644. The SMILES string of the molecule is Cc1ccc2c(Cl)cc(Cl)c(OC(=O)C3CCCC3)c2n1. The molecular weight excluding hydrogens is 309 g/mol. The molecule has 0 atom stereocenters. The van der Waals surface area contributed by atoms with Crippen LogP contribution in [0.15, 0.2) is 18.2 Å². The Hall–Kier alpha value is -1.32. The highest BCUT2D eigenvalue weighted by atomic mass is 35.5. The molecule has 1 aliphatic carbocycles. The van der Waals surface area contributed by atoms with Gasteiger partial charge >= 0.3 is 5.97 Å². The molecule has 0 bridgehead atoms. The van der Waals surface area contributed by atoms with Crippen molar-refractivity contribution in [1.82, 2.24) is 4.98 Å². The number of hydrogen-bond acceptors (Lipinski definition) is 3. The summed E-state index contributed by atoms with van der Waals surface area (Å²) in [6.07, 6.45) is 3.92. The van der Waals surface area contributed by atoms with E-state index >= 15 is 0 Å². The number of ether oxygens (including phenoxy) is 1. The van der Waals surface area contributed by atoms with E-state index in [0.717, 1.165) is 36.8 Å². The third-order valence-corrected chi connectivity index (χ3v) is 4.46. The van der Waals surface area contributed by atoms with Crippen LogP contribution in [0.2, 0.25) is 10.0 Å². The Bertz CT molecular complexity index is 709. The summed E-state index contributed by atoms with van der Waals surface area (Å²) in [7, 11) is 0. The monoisotopic (exact) mass is 323 g/mol. The number of carbonyl (C=O) groups excluding carboxylic acids is 1. The Morgan fingerprint density at radius 3 is 2.67 bits per heavy atom. The lowest BCUT2D eigenvalue weighted by Crippen LogP contribution is -2.18. The van der Waals surface area contributed by atoms with Crippen molar-refractivity contribution in [2.24, 2.45) is 5.92 Å². The first-order chi connectivity index (χ1) is 10.1. The highest BCUT2D eigenvalue weighted by molar-refractivity contribution is 6.39. The molecule has 21 heavy (non-hydrogen) atoms. The van der Waals surface area contributed by atoms with Crippen LogP contribution in [-0.4, -0.2) is 11.0 Å². The summed E-state index contributed by atoms with van der Waals surface area (Å²) in [6.45, 7) is 1.87. The molecule has 1 heterocycles. The molecule has 0 aliphatic heterocycles. The fourth-order valence-corrected chi connectivity index (χ4v) is 3.29. The Morgan fingerprint density at radius 1 is 1.24 bits per heavy atom. The standard InChI is InChI=1S/C16H15Cl2NO2/c1-9-6-7-11-12(17)8-13(18)15(14(11)19-9)21-16(20)10-4-2-3-5-10/h6-8,10H,2-5H2,1H3. The van der Waals surface area contributed by atoms with Gasteiger partial charge in [0.15, 0.2) is 5.75 Å². The van der Waals surface area contributed by atoms with Crippen molar-refractivity contribution in [1.29, 1.82) is 0 Å². The average molecular weight is 324 g/mol. The number of aryl methyl sites for hydroxylation is 1. The first kappa shape index (κ1) is 14.6. The number of benzene rings is 1. The first-order valence-electron chi connectivity index (χ1n) is 7.03. The topological polar surface area (TPSA) is 39.2 Å². The first-order valence-corrected chi connectivity index (χ1v) is 7.79. The van der Waals surface area contributed by atoms with Gasteiger partial charge in [0.05, 0.1) is 16.0 Å². The molecule has 0 saturated heterocycles. The lowest BCUT2D eigenvalue weighted by molar-refractivity contribution is -0.138. The number of pyridine rings is 1. The van der Waals surface area contributed by atoms with Crippen molar-refractivity contribution in [3.8, 4) is 5.75 Å². The van der Waals surface area contributed by atoms with Crippen molar-refractivity contribution >= 4 is 40.1 Å². The predicted octanol–water partition coefficient (Wildman–Crippen LogP) is 4.95. The van der Waals surface area contributed by atoms with Gasteiger partial charge in [0.1, 0.15) is 5.52 Å². The van der Waals surface area contributed by atoms with Crippen molar-refractivity contribution in [3.63, 3.8) is 0 Å². The molecule has 1 aliphatic rings. The maximum atomic E-state index is 12.2. The number of aromatic nitrogens is 1. The van der Waals surface area contributed by atoms with Crippen LogP contribution in [0.5, 0.6) is 5.75 Å². The molecule has 3 rings (SSSR count). The minimum atomic E-state index is -0.221. The maximum absolute atomic E-state index is 12.2. The molecule has 1 aromatic carbocycles. The van der Waals surface area contributed by atoms with Gasteiger partial charge in [0.2, 0.25) is 0 Å². The van der Waals surface area contributed by atoms with Crippen molar-refractivity contribution < 1.29 is 9.53 Å². The van der Waals surface area contributed by atoms with Gasteiger partial charge in [-0.05, 0) is 38.0 Å². The van der Waals surface area contributed by atoms with Gasteiger partial charge in [-0.2, -0.15) is 0 Å². The molecule has 1 fully saturated rings. The second kappa shape index (κ2) is 5.82. The van der Waals surface area contributed by atoms with E-state index in [9.17, 15) is 4.79 Å². The second-order valence-corrected chi connectivity index (χ2v) is 6.24. The normalized spacial score (nSPS) is 15.6.